The van der Waals surface area contributed by atoms with Gasteiger partial charge in [-0.2, -0.15) is 5.10 Å². The minimum atomic E-state index is 0.719. The molecule has 0 fully saturated rings. The lowest BCUT2D eigenvalue weighted by Crippen LogP contribution is -2.40. The number of hydrogen-bond acceptors (Lipinski definition) is 5. The van der Waals surface area contributed by atoms with E-state index in [1.807, 2.05) is 34.1 Å². The Hall–Kier alpha value is -1.86. The smallest absolute Gasteiger partial charge is 0.177 e. The van der Waals surface area contributed by atoms with Gasteiger partial charge in [-0.05, 0) is 28.4 Å². The number of rotatable bonds is 4. The Morgan fingerprint density at radius 2 is 2.05 bits per heavy atom. The van der Waals surface area contributed by atoms with E-state index in [4.69, 9.17) is 0 Å². The number of benzene rings is 1. The lowest BCUT2D eigenvalue weighted by molar-refractivity contribution is 0.288. The van der Waals surface area contributed by atoms with E-state index >= 15 is 0 Å². The summed E-state index contributed by atoms with van der Waals surface area (Å²) in [6.07, 6.45) is 1.82. The van der Waals surface area contributed by atoms with Crippen LogP contribution in [-0.4, -0.2) is 20.6 Å². The first-order valence-electron chi connectivity index (χ1n) is 6.41. The number of aryl methyl sites for hydroxylation is 1. The van der Waals surface area contributed by atoms with Crippen molar-refractivity contribution in [3.8, 4) is 0 Å². The maximum Gasteiger partial charge on any atom is 0.177 e. The van der Waals surface area contributed by atoms with Crippen molar-refractivity contribution in [3.05, 3.63) is 52.3 Å². The topological polar surface area (TPSA) is 57.5 Å². The molecule has 3 rings (SSSR count). The maximum absolute atomic E-state index is 4.33. The summed E-state index contributed by atoms with van der Waals surface area (Å²) < 4.78 is 2.82. The van der Waals surface area contributed by atoms with Crippen LogP contribution in [0, 0.1) is 0 Å². The van der Waals surface area contributed by atoms with Crippen molar-refractivity contribution in [3.63, 3.8) is 0 Å². The van der Waals surface area contributed by atoms with Crippen LogP contribution in [-0.2, 0) is 13.1 Å². The third kappa shape index (κ3) is 2.41. The van der Waals surface area contributed by atoms with Crippen molar-refractivity contribution in [1.82, 2.24) is 25.9 Å². The lowest BCUT2D eigenvalue weighted by Gasteiger charge is -2.18. The summed E-state index contributed by atoms with van der Waals surface area (Å²) in [4.78, 5) is 0. The van der Waals surface area contributed by atoms with Gasteiger partial charge < -0.3 is 0 Å². The Balaban J connectivity index is 1.83. The first kappa shape index (κ1) is 13.1. The molecular weight excluding hydrogens is 320 g/mol. The van der Waals surface area contributed by atoms with Gasteiger partial charge in [-0.1, -0.05) is 30.3 Å². The zero-order valence-corrected chi connectivity index (χ0v) is 12.6. The highest BCUT2D eigenvalue weighted by Gasteiger charge is 2.23. The largest absolute Gasteiger partial charge is 0.266 e. The van der Waals surface area contributed by atoms with Crippen molar-refractivity contribution in [2.45, 2.75) is 20.0 Å². The van der Waals surface area contributed by atoms with Gasteiger partial charge in [0.1, 0.15) is 4.60 Å². The lowest BCUT2D eigenvalue weighted by atomic mass is 10.2. The van der Waals surface area contributed by atoms with Gasteiger partial charge in [-0.3, -0.25) is 9.69 Å². The molecular formula is C13H15BrN6. The fourth-order valence-corrected chi connectivity index (χ4v) is 2.70. The molecule has 1 aliphatic heterocycles. The molecule has 6 nitrogen and oxygen atoms in total. The van der Waals surface area contributed by atoms with E-state index in [0.29, 0.717) is 0 Å². The molecule has 1 aromatic carbocycles. The maximum atomic E-state index is 4.33. The van der Waals surface area contributed by atoms with Crippen LogP contribution in [0.25, 0.3) is 0 Å². The van der Waals surface area contributed by atoms with Crippen molar-refractivity contribution < 1.29 is 0 Å². The molecule has 0 saturated heterocycles. The number of amidine groups is 1. The number of nitrogens with zero attached hydrogens (tertiary/aromatic N) is 4. The van der Waals surface area contributed by atoms with Gasteiger partial charge in [0, 0.05) is 6.54 Å². The summed E-state index contributed by atoms with van der Waals surface area (Å²) in [5.41, 5.74) is 7.99. The van der Waals surface area contributed by atoms with Gasteiger partial charge >= 0.3 is 0 Å². The predicted molar refractivity (Wildman–Crippen MR) is 80.4 cm³/mol. The molecule has 20 heavy (non-hydrogen) atoms. The Bertz CT molecular complexity index is 621. The first-order valence-corrected chi connectivity index (χ1v) is 7.20. The average Bonchev–Trinajstić information content (AvgIpc) is 3.06. The molecule has 7 heteroatoms. The van der Waals surface area contributed by atoms with Crippen molar-refractivity contribution in [2.24, 2.45) is 5.10 Å². The van der Waals surface area contributed by atoms with E-state index in [1.54, 1.807) is 0 Å². The SMILES string of the molecule is CCn1ncc(C2=NNNN2Cc2ccccc2)c1Br. The number of hydrazone groups is 1. The number of nitrogens with one attached hydrogen (secondary N) is 2. The molecule has 0 radical (unpaired) electrons. The zero-order valence-electron chi connectivity index (χ0n) is 11.0. The average molecular weight is 335 g/mol. The third-order valence-corrected chi connectivity index (χ3v) is 3.94. The highest BCUT2D eigenvalue weighted by molar-refractivity contribution is 9.10. The third-order valence-electron chi connectivity index (χ3n) is 3.10. The summed E-state index contributed by atoms with van der Waals surface area (Å²) in [5.74, 6) is 0.820. The predicted octanol–water partition coefficient (Wildman–Crippen LogP) is 1.85. The van der Waals surface area contributed by atoms with Gasteiger partial charge in [0.15, 0.2) is 5.84 Å². The van der Waals surface area contributed by atoms with Gasteiger partial charge in [0.05, 0.1) is 18.3 Å². The molecule has 0 bridgehead atoms. The Morgan fingerprint density at radius 1 is 1.25 bits per heavy atom. The van der Waals surface area contributed by atoms with Crippen LogP contribution in [0.4, 0.5) is 0 Å². The summed E-state index contributed by atoms with van der Waals surface area (Å²) in [7, 11) is 0. The van der Waals surface area contributed by atoms with E-state index in [9.17, 15) is 0 Å². The van der Waals surface area contributed by atoms with Crippen molar-refractivity contribution >= 4 is 21.8 Å². The molecule has 2 N–H and O–H groups in total. The normalized spacial score (nSPS) is 14.3. The number of hydrogen-bond donors (Lipinski definition) is 2. The van der Waals surface area contributed by atoms with Crippen LogP contribution in [0.5, 0.6) is 0 Å². The molecule has 1 aliphatic rings. The van der Waals surface area contributed by atoms with E-state index in [0.717, 1.165) is 29.1 Å². The van der Waals surface area contributed by atoms with Crippen molar-refractivity contribution in [2.75, 3.05) is 0 Å². The molecule has 0 saturated carbocycles. The molecule has 104 valence electrons. The van der Waals surface area contributed by atoms with Crippen LogP contribution in [0.15, 0.2) is 46.2 Å². The fraction of sp³-hybridized carbons (Fsp3) is 0.231. The molecule has 0 atom stereocenters. The van der Waals surface area contributed by atoms with E-state index in [1.165, 1.54) is 5.56 Å². The molecule has 0 amide bonds. The number of halogens is 1. The zero-order chi connectivity index (χ0) is 13.9. The molecule has 1 aromatic heterocycles. The Labute approximate surface area is 125 Å². The minimum Gasteiger partial charge on any atom is -0.266 e. The summed E-state index contributed by atoms with van der Waals surface area (Å²) in [5, 5.41) is 10.6. The highest BCUT2D eigenvalue weighted by Crippen LogP contribution is 2.20. The molecule has 0 aliphatic carbocycles. The number of hydrazine groups is 2. The standard InChI is InChI=1S/C13H15BrN6/c1-2-19-12(14)11(8-15-19)13-16-17-18-20(13)9-10-6-4-3-5-7-10/h3-8,17-18H,2,9H2,1H3. The highest BCUT2D eigenvalue weighted by atomic mass is 79.9. The number of aromatic nitrogens is 2. The first-order chi connectivity index (χ1) is 9.79. The second-order valence-corrected chi connectivity index (χ2v) is 5.15. The van der Waals surface area contributed by atoms with Crippen LogP contribution in [0.3, 0.4) is 0 Å². The van der Waals surface area contributed by atoms with Crippen LogP contribution >= 0.6 is 15.9 Å². The summed E-state index contributed by atoms with van der Waals surface area (Å²) in [6.45, 7) is 3.58. The molecule has 2 aromatic rings. The fourth-order valence-electron chi connectivity index (χ4n) is 2.08. The van der Waals surface area contributed by atoms with Crippen molar-refractivity contribution in [1.29, 1.82) is 0 Å². The van der Waals surface area contributed by atoms with E-state index in [2.05, 4.69) is 56.3 Å². The molecule has 2 heterocycles. The van der Waals surface area contributed by atoms with Crippen LogP contribution < -0.4 is 11.1 Å². The van der Waals surface area contributed by atoms with Crippen LogP contribution in [0.1, 0.15) is 18.1 Å². The van der Waals surface area contributed by atoms with Crippen LogP contribution in [0.2, 0.25) is 0 Å². The Kier molecular flexibility index (Phi) is 3.70. The van der Waals surface area contributed by atoms with E-state index in [-0.39, 0.29) is 0 Å². The quantitative estimate of drug-likeness (QED) is 0.895. The molecule has 0 unspecified atom stereocenters. The minimum absolute atomic E-state index is 0.719. The Morgan fingerprint density at radius 3 is 2.75 bits per heavy atom. The second-order valence-electron chi connectivity index (χ2n) is 4.40. The molecule has 0 spiro atoms. The summed E-state index contributed by atoms with van der Waals surface area (Å²) >= 11 is 3.57. The monoisotopic (exact) mass is 334 g/mol. The van der Waals surface area contributed by atoms with Gasteiger partial charge in [0.2, 0.25) is 0 Å². The van der Waals surface area contributed by atoms with Gasteiger partial charge in [-0.25, -0.2) is 5.53 Å². The summed E-state index contributed by atoms with van der Waals surface area (Å²) in [6, 6.07) is 10.2. The van der Waals surface area contributed by atoms with E-state index < -0.39 is 0 Å². The van der Waals surface area contributed by atoms with Gasteiger partial charge in [-0.15, -0.1) is 10.6 Å². The van der Waals surface area contributed by atoms with Gasteiger partial charge in [0.25, 0.3) is 0 Å². The second kappa shape index (κ2) is 5.64.